The lowest BCUT2D eigenvalue weighted by atomic mass is 9.99. The zero-order valence-corrected chi connectivity index (χ0v) is 34.2. The third-order valence-electron chi connectivity index (χ3n) is 11.1. The van der Waals surface area contributed by atoms with Gasteiger partial charge in [-0.1, -0.05) is 194 Å². The largest absolute Gasteiger partial charge is 0.394 e. The Bertz CT molecular complexity index is 819. The first-order valence-corrected chi connectivity index (χ1v) is 22.3. The molecule has 0 saturated carbocycles. The van der Waals surface area contributed by atoms with E-state index in [2.05, 4.69) is 19.2 Å². The Labute approximate surface area is 324 Å². The molecule has 316 valence electrons. The molecule has 1 aliphatic heterocycles. The van der Waals surface area contributed by atoms with E-state index < -0.39 is 61.5 Å². The van der Waals surface area contributed by atoms with Crippen LogP contribution in [0.4, 0.5) is 0 Å². The molecule has 0 spiro atoms. The summed E-state index contributed by atoms with van der Waals surface area (Å²) in [6.07, 6.45) is 25.8. The van der Waals surface area contributed by atoms with Crippen LogP contribution < -0.4 is 5.32 Å². The van der Waals surface area contributed by atoms with Crippen LogP contribution in [0.25, 0.3) is 0 Å². The standard InChI is InChI=1S/C43H85NO9/c1-3-5-7-9-11-13-15-16-17-18-19-20-22-23-25-27-29-31-36(46)35(34-52-43-41(50)40(49)39(48)38(33-45)53-43)44-42(51)37(47)32-30-28-26-24-21-14-12-10-8-6-4-2/h35-41,43,45-50H,3-34H2,1-2H3,(H,44,51)/t35-,36+,37+,38+,39+,40-,41+,43+/m0/s1. The Hall–Kier alpha value is -0.850. The molecule has 53 heavy (non-hydrogen) atoms. The lowest BCUT2D eigenvalue weighted by Crippen LogP contribution is -2.60. The molecule has 7 N–H and O–H groups in total. The van der Waals surface area contributed by atoms with Crippen LogP contribution in [0.2, 0.25) is 0 Å². The normalized spacial score (nSPS) is 22.2. The van der Waals surface area contributed by atoms with Crippen molar-refractivity contribution in [3.05, 3.63) is 0 Å². The molecule has 10 nitrogen and oxygen atoms in total. The molecule has 1 heterocycles. The van der Waals surface area contributed by atoms with E-state index >= 15 is 0 Å². The molecule has 1 aliphatic rings. The van der Waals surface area contributed by atoms with Gasteiger partial charge in [-0.2, -0.15) is 0 Å². The van der Waals surface area contributed by atoms with E-state index in [1.54, 1.807) is 0 Å². The van der Waals surface area contributed by atoms with Gasteiger partial charge in [-0.05, 0) is 12.8 Å². The van der Waals surface area contributed by atoms with E-state index in [0.29, 0.717) is 12.8 Å². The van der Waals surface area contributed by atoms with Crippen molar-refractivity contribution in [2.45, 2.75) is 255 Å². The first kappa shape index (κ1) is 50.2. The van der Waals surface area contributed by atoms with E-state index in [-0.39, 0.29) is 6.61 Å². The van der Waals surface area contributed by atoms with Gasteiger partial charge in [-0.25, -0.2) is 0 Å². The van der Waals surface area contributed by atoms with E-state index in [1.165, 1.54) is 141 Å². The van der Waals surface area contributed by atoms with Crippen molar-refractivity contribution in [2.24, 2.45) is 0 Å². The third-order valence-corrected chi connectivity index (χ3v) is 11.1. The van der Waals surface area contributed by atoms with Crippen LogP contribution in [-0.4, -0.2) is 98.7 Å². The maximum absolute atomic E-state index is 13.0. The molecule has 10 heteroatoms. The van der Waals surface area contributed by atoms with Gasteiger partial charge in [0, 0.05) is 0 Å². The van der Waals surface area contributed by atoms with Gasteiger partial charge < -0.3 is 45.4 Å². The molecule has 1 amide bonds. The number of aliphatic hydroxyl groups is 6. The molecule has 1 rings (SSSR count). The average molecular weight is 760 g/mol. The molecule has 0 aromatic rings. The zero-order valence-electron chi connectivity index (χ0n) is 34.2. The highest BCUT2D eigenvalue weighted by atomic mass is 16.7. The zero-order chi connectivity index (χ0) is 38.9. The minimum absolute atomic E-state index is 0.250. The van der Waals surface area contributed by atoms with Crippen molar-refractivity contribution >= 4 is 5.91 Å². The Morgan fingerprint density at radius 2 is 0.943 bits per heavy atom. The lowest BCUT2D eigenvalue weighted by molar-refractivity contribution is -0.302. The van der Waals surface area contributed by atoms with Crippen LogP contribution in [0.5, 0.6) is 0 Å². The summed E-state index contributed by atoms with van der Waals surface area (Å²) in [5.74, 6) is -0.582. The maximum atomic E-state index is 13.0. The van der Waals surface area contributed by atoms with Crippen LogP contribution >= 0.6 is 0 Å². The Morgan fingerprint density at radius 3 is 1.34 bits per heavy atom. The van der Waals surface area contributed by atoms with Crippen LogP contribution in [0.1, 0.15) is 206 Å². The molecule has 1 fully saturated rings. The van der Waals surface area contributed by atoms with Crippen LogP contribution in [0.15, 0.2) is 0 Å². The monoisotopic (exact) mass is 760 g/mol. The molecular formula is C43H85NO9. The van der Waals surface area contributed by atoms with Gasteiger partial charge in [0.25, 0.3) is 0 Å². The van der Waals surface area contributed by atoms with Crippen molar-refractivity contribution in [3.63, 3.8) is 0 Å². The van der Waals surface area contributed by atoms with E-state index in [4.69, 9.17) is 9.47 Å². The second-order valence-corrected chi connectivity index (χ2v) is 16.0. The SMILES string of the molecule is CCCCCCCCCCCCCCCCCCC[C@@H](O)[C@H](CO[C@@H]1O[C@H](CO)[C@@H](O)[C@H](O)[C@H]1O)NC(=O)[C@H](O)CCCCCCCCCCCCC. The maximum Gasteiger partial charge on any atom is 0.249 e. The van der Waals surface area contributed by atoms with Crippen molar-refractivity contribution in [1.29, 1.82) is 0 Å². The fourth-order valence-electron chi connectivity index (χ4n) is 7.34. The van der Waals surface area contributed by atoms with Gasteiger partial charge in [0.2, 0.25) is 5.91 Å². The lowest BCUT2D eigenvalue weighted by Gasteiger charge is -2.40. The molecule has 0 aliphatic carbocycles. The average Bonchev–Trinajstić information content (AvgIpc) is 3.16. The fraction of sp³-hybridized carbons (Fsp3) is 0.977. The number of unbranched alkanes of at least 4 members (excludes halogenated alkanes) is 26. The molecule has 0 aromatic heterocycles. The first-order valence-electron chi connectivity index (χ1n) is 22.3. The number of carbonyl (C=O) groups is 1. The van der Waals surface area contributed by atoms with Crippen molar-refractivity contribution in [3.8, 4) is 0 Å². The number of carbonyl (C=O) groups excluding carboxylic acids is 1. The molecule has 8 atom stereocenters. The molecule has 1 saturated heterocycles. The Kier molecular flexibility index (Phi) is 32.6. The van der Waals surface area contributed by atoms with Crippen molar-refractivity contribution < 1.29 is 44.9 Å². The van der Waals surface area contributed by atoms with Crippen LogP contribution in [0.3, 0.4) is 0 Å². The summed E-state index contributed by atoms with van der Waals surface area (Å²) in [4.78, 5) is 13.0. The summed E-state index contributed by atoms with van der Waals surface area (Å²) in [7, 11) is 0. The minimum Gasteiger partial charge on any atom is -0.394 e. The van der Waals surface area contributed by atoms with E-state index in [0.717, 1.165) is 38.5 Å². The van der Waals surface area contributed by atoms with Gasteiger partial charge in [0.15, 0.2) is 6.29 Å². The number of amides is 1. The third kappa shape index (κ3) is 25.1. The quantitative estimate of drug-likeness (QED) is 0.0313. The summed E-state index contributed by atoms with van der Waals surface area (Å²) >= 11 is 0. The topological polar surface area (TPSA) is 169 Å². The molecular weight excluding hydrogens is 674 g/mol. The highest BCUT2D eigenvalue weighted by Gasteiger charge is 2.44. The van der Waals surface area contributed by atoms with Crippen molar-refractivity contribution in [1.82, 2.24) is 5.32 Å². The second-order valence-electron chi connectivity index (χ2n) is 16.0. The molecule has 0 unspecified atom stereocenters. The van der Waals surface area contributed by atoms with E-state index in [9.17, 15) is 35.4 Å². The number of ether oxygens (including phenoxy) is 2. The second kappa shape index (κ2) is 34.4. The highest BCUT2D eigenvalue weighted by molar-refractivity contribution is 5.80. The first-order chi connectivity index (χ1) is 25.8. The Balaban J connectivity index is 2.39. The van der Waals surface area contributed by atoms with Gasteiger partial charge in [-0.3, -0.25) is 4.79 Å². The summed E-state index contributed by atoms with van der Waals surface area (Å²) in [6, 6.07) is -0.886. The smallest absolute Gasteiger partial charge is 0.249 e. The van der Waals surface area contributed by atoms with Gasteiger partial charge in [-0.15, -0.1) is 0 Å². The summed E-state index contributed by atoms with van der Waals surface area (Å²) in [6.45, 7) is 3.66. The molecule has 0 bridgehead atoms. The van der Waals surface area contributed by atoms with Gasteiger partial charge in [0.1, 0.15) is 30.5 Å². The summed E-state index contributed by atoms with van der Waals surface area (Å²) in [5.41, 5.74) is 0. The number of rotatable bonds is 37. The highest BCUT2D eigenvalue weighted by Crippen LogP contribution is 2.23. The molecule has 0 aromatic carbocycles. The van der Waals surface area contributed by atoms with Crippen LogP contribution in [-0.2, 0) is 14.3 Å². The number of aliphatic hydroxyl groups excluding tert-OH is 6. The predicted octanol–water partition coefficient (Wildman–Crippen LogP) is 7.75. The molecule has 0 radical (unpaired) electrons. The number of hydrogen-bond acceptors (Lipinski definition) is 9. The number of nitrogens with one attached hydrogen (secondary N) is 1. The number of hydrogen-bond donors (Lipinski definition) is 7. The van der Waals surface area contributed by atoms with Crippen LogP contribution in [0, 0.1) is 0 Å². The van der Waals surface area contributed by atoms with E-state index in [1.807, 2.05) is 0 Å². The van der Waals surface area contributed by atoms with Gasteiger partial charge >= 0.3 is 0 Å². The van der Waals surface area contributed by atoms with Gasteiger partial charge in [0.05, 0.1) is 25.4 Å². The summed E-state index contributed by atoms with van der Waals surface area (Å²) in [5, 5.41) is 64.7. The predicted molar refractivity (Wildman–Crippen MR) is 214 cm³/mol. The summed E-state index contributed by atoms with van der Waals surface area (Å²) < 4.78 is 11.2. The fourth-order valence-corrected chi connectivity index (χ4v) is 7.34. The Morgan fingerprint density at radius 1 is 0.566 bits per heavy atom. The minimum atomic E-state index is -1.59. The van der Waals surface area contributed by atoms with Crippen molar-refractivity contribution in [2.75, 3.05) is 13.2 Å².